The van der Waals surface area contributed by atoms with Gasteiger partial charge in [-0.05, 0) is 47.2 Å². The average Bonchev–Trinajstić information content (AvgIpc) is 2.79. The molecule has 0 bridgehead atoms. The number of nitrogens with one attached hydrogen (secondary N) is 1. The summed E-state index contributed by atoms with van der Waals surface area (Å²) in [5.41, 5.74) is 4.05. The molecule has 0 radical (unpaired) electrons. The molecule has 0 fully saturated rings. The number of halogens is 3. The molecule has 9 heteroatoms. The Morgan fingerprint density at radius 1 is 0.974 bits per heavy atom. The highest BCUT2D eigenvalue weighted by molar-refractivity contribution is 5.97. The fraction of sp³-hybridized carbons (Fsp3) is 0.483. The molecule has 0 saturated heterocycles. The van der Waals surface area contributed by atoms with Crippen LogP contribution in [0, 0.1) is 0 Å². The van der Waals surface area contributed by atoms with Crippen LogP contribution in [0.15, 0.2) is 42.1 Å². The van der Waals surface area contributed by atoms with Crippen LogP contribution in [-0.2, 0) is 28.3 Å². The molecule has 210 valence electrons. The van der Waals surface area contributed by atoms with E-state index in [-0.39, 0.29) is 22.3 Å². The Labute approximate surface area is 224 Å². The summed E-state index contributed by atoms with van der Waals surface area (Å²) >= 11 is 0. The number of aromatic hydroxyl groups is 1. The van der Waals surface area contributed by atoms with Crippen molar-refractivity contribution in [3.05, 3.63) is 69.9 Å². The van der Waals surface area contributed by atoms with Crippen molar-refractivity contribution in [1.29, 1.82) is 0 Å². The van der Waals surface area contributed by atoms with E-state index in [1.165, 1.54) is 6.07 Å². The van der Waals surface area contributed by atoms with E-state index in [0.29, 0.717) is 30.8 Å². The van der Waals surface area contributed by atoms with Crippen molar-refractivity contribution >= 4 is 12.0 Å². The number of carbonyl (C=O) groups excluding carboxylic acids is 1. The van der Waals surface area contributed by atoms with Gasteiger partial charge in [0.2, 0.25) is 0 Å². The van der Waals surface area contributed by atoms with Gasteiger partial charge in [0.15, 0.2) is 0 Å². The summed E-state index contributed by atoms with van der Waals surface area (Å²) in [6.07, 6.45) is -2.78. The van der Waals surface area contributed by atoms with Crippen LogP contribution in [0.3, 0.4) is 0 Å². The number of phenols is 1. The Bertz CT molecular complexity index is 1160. The summed E-state index contributed by atoms with van der Waals surface area (Å²) in [7, 11) is 3.53. The molecule has 0 atom stereocenters. The number of likely N-dealkylation sites (N-methyl/N-ethyl adjacent to an activating group) is 2. The van der Waals surface area contributed by atoms with Crippen LogP contribution in [-0.4, -0.2) is 48.0 Å². The lowest BCUT2D eigenvalue weighted by atomic mass is 9.79. The molecule has 1 amide bonds. The predicted molar refractivity (Wildman–Crippen MR) is 146 cm³/mol. The SMILES string of the molecule is CN(CCN(C)/C(=C/c1cc(C(C)(C)C)cc(C(C)(C)C)c1O)C(=O)NN)Cc1cccc(C(F)(F)F)c1. The van der Waals surface area contributed by atoms with Crippen LogP contribution in [0.25, 0.3) is 6.08 Å². The molecule has 2 aromatic rings. The molecular weight excluding hydrogens is 493 g/mol. The van der Waals surface area contributed by atoms with Gasteiger partial charge in [0.05, 0.1) is 5.56 Å². The minimum absolute atomic E-state index is 0.0999. The lowest BCUT2D eigenvalue weighted by Crippen LogP contribution is -2.39. The summed E-state index contributed by atoms with van der Waals surface area (Å²) in [5, 5.41) is 11.1. The highest BCUT2D eigenvalue weighted by Gasteiger charge is 2.30. The maximum absolute atomic E-state index is 13.1. The summed E-state index contributed by atoms with van der Waals surface area (Å²) in [4.78, 5) is 16.3. The normalized spacial score (nSPS) is 13.1. The number of hydrogen-bond acceptors (Lipinski definition) is 5. The Kier molecular flexibility index (Phi) is 9.67. The molecule has 0 spiro atoms. The highest BCUT2D eigenvalue weighted by atomic mass is 19.4. The van der Waals surface area contributed by atoms with Gasteiger partial charge in [-0.1, -0.05) is 65.8 Å². The maximum Gasteiger partial charge on any atom is 0.416 e. The van der Waals surface area contributed by atoms with E-state index in [2.05, 4.69) is 26.2 Å². The first-order valence-corrected chi connectivity index (χ1v) is 12.5. The van der Waals surface area contributed by atoms with Crippen LogP contribution in [0.1, 0.15) is 69.4 Å². The lowest BCUT2D eigenvalue weighted by Gasteiger charge is -2.28. The number of amides is 1. The molecule has 0 saturated carbocycles. The molecule has 0 aliphatic rings. The standard InChI is InChI=1S/C29H41F3N4O2/c1-27(2,3)22-15-20(25(37)23(17-22)28(4,5)6)16-24(26(38)34-33)36(8)13-12-35(7)18-19-10-9-11-21(14-19)29(30,31)32/h9-11,14-17,37H,12-13,18,33H2,1-8H3,(H,34,38)/b24-16+. The summed E-state index contributed by atoms with van der Waals surface area (Å²) in [6, 6.07) is 9.12. The van der Waals surface area contributed by atoms with Gasteiger partial charge in [-0.15, -0.1) is 0 Å². The second-order valence-electron chi connectivity index (χ2n) is 11.8. The largest absolute Gasteiger partial charge is 0.507 e. The fourth-order valence-electron chi connectivity index (χ4n) is 4.02. The fourth-order valence-corrected chi connectivity index (χ4v) is 4.02. The Morgan fingerprint density at radius 3 is 2.13 bits per heavy atom. The van der Waals surface area contributed by atoms with Crippen molar-refractivity contribution in [3.63, 3.8) is 0 Å². The van der Waals surface area contributed by atoms with E-state index in [9.17, 15) is 23.1 Å². The van der Waals surface area contributed by atoms with Gasteiger partial charge >= 0.3 is 6.18 Å². The van der Waals surface area contributed by atoms with E-state index in [0.717, 1.165) is 23.3 Å². The van der Waals surface area contributed by atoms with Gasteiger partial charge in [-0.2, -0.15) is 13.2 Å². The van der Waals surface area contributed by atoms with Crippen LogP contribution in [0.5, 0.6) is 5.75 Å². The number of nitrogens with zero attached hydrogens (tertiary/aromatic N) is 2. The number of hydrazine groups is 1. The zero-order valence-corrected chi connectivity index (χ0v) is 23.6. The number of phenolic OH excluding ortho intramolecular Hbond substituents is 1. The minimum atomic E-state index is -4.40. The number of rotatable bonds is 8. The van der Waals surface area contributed by atoms with Crippen LogP contribution < -0.4 is 11.3 Å². The number of benzene rings is 2. The lowest BCUT2D eigenvalue weighted by molar-refractivity contribution is -0.137. The van der Waals surface area contributed by atoms with E-state index in [4.69, 9.17) is 5.84 Å². The van der Waals surface area contributed by atoms with Crippen LogP contribution >= 0.6 is 0 Å². The monoisotopic (exact) mass is 534 g/mol. The second-order valence-corrected chi connectivity index (χ2v) is 11.8. The first kappa shape index (κ1) is 31.2. The first-order valence-electron chi connectivity index (χ1n) is 12.5. The average molecular weight is 535 g/mol. The molecule has 38 heavy (non-hydrogen) atoms. The topological polar surface area (TPSA) is 81.8 Å². The zero-order valence-electron chi connectivity index (χ0n) is 23.6. The van der Waals surface area contributed by atoms with Gasteiger partial charge in [0.1, 0.15) is 11.4 Å². The van der Waals surface area contributed by atoms with Crippen molar-refractivity contribution in [1.82, 2.24) is 15.2 Å². The van der Waals surface area contributed by atoms with E-state index in [1.54, 1.807) is 31.1 Å². The van der Waals surface area contributed by atoms with Gasteiger partial charge < -0.3 is 14.9 Å². The van der Waals surface area contributed by atoms with Gasteiger partial charge in [-0.25, -0.2) is 5.84 Å². The predicted octanol–water partition coefficient (Wildman–Crippen LogP) is 5.40. The smallest absolute Gasteiger partial charge is 0.416 e. The number of carbonyl (C=O) groups is 1. The molecular formula is C29H41F3N4O2. The molecule has 0 heterocycles. The maximum atomic E-state index is 13.1. The van der Waals surface area contributed by atoms with Crippen molar-refractivity contribution in [2.75, 3.05) is 27.2 Å². The van der Waals surface area contributed by atoms with Crippen molar-refractivity contribution in [2.24, 2.45) is 5.84 Å². The quantitative estimate of drug-likeness (QED) is 0.183. The molecule has 2 rings (SSSR count). The zero-order chi connectivity index (χ0) is 29.1. The first-order chi connectivity index (χ1) is 17.3. The summed E-state index contributed by atoms with van der Waals surface area (Å²) < 4.78 is 39.2. The van der Waals surface area contributed by atoms with Crippen LogP contribution in [0.4, 0.5) is 13.2 Å². The second kappa shape index (κ2) is 11.8. The highest BCUT2D eigenvalue weighted by Crippen LogP contribution is 2.38. The third-order valence-electron chi connectivity index (χ3n) is 6.40. The number of nitrogens with two attached hydrogens (primary N) is 1. The third kappa shape index (κ3) is 8.23. The van der Waals surface area contributed by atoms with Crippen molar-refractivity contribution < 1.29 is 23.1 Å². The molecule has 2 aromatic carbocycles. The third-order valence-corrected chi connectivity index (χ3v) is 6.40. The van der Waals surface area contributed by atoms with Crippen molar-refractivity contribution in [3.8, 4) is 5.75 Å². The Hall–Kier alpha value is -3.04. The van der Waals surface area contributed by atoms with E-state index >= 15 is 0 Å². The molecule has 0 aliphatic heterocycles. The molecule has 0 aromatic heterocycles. The summed E-state index contributed by atoms with van der Waals surface area (Å²) in [5.74, 6) is 5.05. The summed E-state index contributed by atoms with van der Waals surface area (Å²) in [6.45, 7) is 13.5. The molecule has 4 N–H and O–H groups in total. The van der Waals surface area contributed by atoms with Crippen molar-refractivity contribution in [2.45, 2.75) is 65.1 Å². The Morgan fingerprint density at radius 2 is 1.61 bits per heavy atom. The molecule has 6 nitrogen and oxygen atoms in total. The van der Waals surface area contributed by atoms with Gasteiger partial charge in [0, 0.05) is 37.8 Å². The minimum Gasteiger partial charge on any atom is -0.507 e. The van der Waals surface area contributed by atoms with Crippen LogP contribution in [0.2, 0.25) is 0 Å². The van der Waals surface area contributed by atoms with Gasteiger partial charge in [0.25, 0.3) is 5.91 Å². The Balaban J connectivity index is 2.33. The van der Waals surface area contributed by atoms with E-state index < -0.39 is 17.6 Å². The number of hydrogen-bond donors (Lipinski definition) is 3. The molecule has 0 unspecified atom stereocenters. The molecule has 0 aliphatic carbocycles. The number of alkyl halides is 3. The van der Waals surface area contributed by atoms with Gasteiger partial charge in [-0.3, -0.25) is 10.2 Å². The van der Waals surface area contributed by atoms with E-state index in [1.807, 2.05) is 37.8 Å².